The van der Waals surface area contributed by atoms with Gasteiger partial charge >= 0.3 is 12.2 Å². The Morgan fingerprint density at radius 3 is 2.94 bits per heavy atom. The summed E-state index contributed by atoms with van der Waals surface area (Å²) in [5.74, 6) is 0.306. The Kier molecular flexibility index (Phi) is 3.13. The lowest BCUT2D eigenvalue weighted by Gasteiger charge is -2.00. The number of hydrogen-bond donors (Lipinski definition) is 2. The molecular formula is C11H12N4O3. The van der Waals surface area contributed by atoms with E-state index in [2.05, 4.69) is 15.5 Å². The van der Waals surface area contributed by atoms with Gasteiger partial charge in [0.25, 0.3) is 0 Å². The summed E-state index contributed by atoms with van der Waals surface area (Å²) in [5, 5.41) is 5.97. The second-order valence-corrected chi connectivity index (χ2v) is 3.59. The number of nitrogens with two attached hydrogens (primary N) is 1. The molecule has 18 heavy (non-hydrogen) atoms. The van der Waals surface area contributed by atoms with E-state index in [1.807, 2.05) is 13.0 Å². The molecule has 0 radical (unpaired) electrons. The number of nitrogen functional groups attached to an aromatic ring is 1. The zero-order chi connectivity index (χ0) is 13.1. The average Bonchev–Trinajstić information content (AvgIpc) is 2.81. The molecule has 0 fully saturated rings. The maximum atomic E-state index is 10.9. The standard InChI is InChI=1S/C11H12N4O3/c1-6-3-4-7(5-8(6)12)9-14-11(18-15-9)17-10(16)13-2/h3-5H,12H2,1-2H3,(H,13,16). The Labute approximate surface area is 103 Å². The number of carbonyl (C=O) groups is 1. The van der Waals surface area contributed by atoms with Crippen LogP contribution in [0.4, 0.5) is 10.5 Å². The van der Waals surface area contributed by atoms with Crippen LogP contribution in [0.5, 0.6) is 6.08 Å². The predicted octanol–water partition coefficient (Wildman–Crippen LogP) is 1.35. The number of hydrogen-bond acceptors (Lipinski definition) is 6. The third kappa shape index (κ3) is 2.40. The van der Waals surface area contributed by atoms with Gasteiger partial charge in [-0.2, -0.15) is 4.98 Å². The Balaban J connectivity index is 2.23. The molecule has 7 heteroatoms. The van der Waals surface area contributed by atoms with Crippen molar-refractivity contribution in [3.8, 4) is 17.5 Å². The Bertz CT molecular complexity index is 579. The smallest absolute Gasteiger partial charge is 0.398 e. The van der Waals surface area contributed by atoms with Gasteiger partial charge < -0.3 is 15.8 Å². The van der Waals surface area contributed by atoms with Gasteiger partial charge in [-0.15, -0.1) is 0 Å². The molecule has 3 N–H and O–H groups in total. The van der Waals surface area contributed by atoms with Crippen molar-refractivity contribution in [2.75, 3.05) is 12.8 Å². The molecule has 0 aliphatic heterocycles. The van der Waals surface area contributed by atoms with Crippen molar-refractivity contribution in [2.24, 2.45) is 0 Å². The molecule has 0 bridgehead atoms. The number of benzene rings is 1. The number of ether oxygens (including phenoxy) is 1. The molecule has 0 aliphatic carbocycles. The van der Waals surface area contributed by atoms with Gasteiger partial charge in [0.15, 0.2) is 0 Å². The number of carbonyl (C=O) groups excluding carboxylic acids is 1. The summed E-state index contributed by atoms with van der Waals surface area (Å²) >= 11 is 0. The van der Waals surface area contributed by atoms with Crippen molar-refractivity contribution in [2.45, 2.75) is 6.92 Å². The quantitative estimate of drug-likeness (QED) is 0.777. The van der Waals surface area contributed by atoms with Crippen LogP contribution in [0.1, 0.15) is 5.56 Å². The maximum Gasteiger partial charge on any atom is 0.426 e. The molecule has 0 unspecified atom stereocenters. The van der Waals surface area contributed by atoms with Crippen LogP contribution >= 0.6 is 0 Å². The van der Waals surface area contributed by atoms with E-state index < -0.39 is 6.09 Å². The number of anilines is 1. The SMILES string of the molecule is CNC(=O)Oc1nc(-c2ccc(C)c(N)c2)no1. The lowest BCUT2D eigenvalue weighted by molar-refractivity contribution is 0.179. The number of aryl methyl sites for hydroxylation is 1. The highest BCUT2D eigenvalue weighted by Gasteiger charge is 2.12. The van der Waals surface area contributed by atoms with Gasteiger partial charge in [-0.1, -0.05) is 17.3 Å². The van der Waals surface area contributed by atoms with E-state index in [0.717, 1.165) is 5.56 Å². The number of nitrogens with one attached hydrogen (secondary N) is 1. The number of rotatable bonds is 2. The highest BCUT2D eigenvalue weighted by molar-refractivity contribution is 5.69. The van der Waals surface area contributed by atoms with Crippen LogP contribution in [0.3, 0.4) is 0 Å². The number of nitrogens with zero attached hydrogens (tertiary/aromatic N) is 2. The molecule has 1 heterocycles. The van der Waals surface area contributed by atoms with Gasteiger partial charge in [0.2, 0.25) is 5.82 Å². The van der Waals surface area contributed by atoms with Crippen molar-refractivity contribution in [3.05, 3.63) is 23.8 Å². The predicted molar refractivity (Wildman–Crippen MR) is 64.0 cm³/mol. The van der Waals surface area contributed by atoms with E-state index in [4.69, 9.17) is 15.0 Å². The highest BCUT2D eigenvalue weighted by atomic mass is 16.7. The van der Waals surface area contributed by atoms with E-state index in [1.165, 1.54) is 7.05 Å². The fourth-order valence-electron chi connectivity index (χ4n) is 1.28. The first-order chi connectivity index (χ1) is 8.60. The van der Waals surface area contributed by atoms with Crippen LogP contribution in [0.25, 0.3) is 11.4 Å². The molecule has 2 aromatic rings. The average molecular weight is 248 g/mol. The first kappa shape index (κ1) is 11.9. The van der Waals surface area contributed by atoms with Crippen molar-refractivity contribution in [3.63, 3.8) is 0 Å². The van der Waals surface area contributed by atoms with Gasteiger partial charge in [-0.05, 0) is 18.6 Å². The van der Waals surface area contributed by atoms with Crippen LogP contribution in [-0.4, -0.2) is 23.3 Å². The van der Waals surface area contributed by atoms with Crippen molar-refractivity contribution < 1.29 is 14.1 Å². The minimum absolute atomic E-state index is 0.219. The van der Waals surface area contributed by atoms with E-state index in [-0.39, 0.29) is 6.08 Å². The lowest BCUT2D eigenvalue weighted by atomic mass is 10.1. The molecule has 0 saturated carbocycles. The van der Waals surface area contributed by atoms with Gasteiger partial charge in [-0.25, -0.2) is 4.79 Å². The van der Waals surface area contributed by atoms with Crippen LogP contribution < -0.4 is 15.8 Å². The maximum absolute atomic E-state index is 10.9. The summed E-state index contributed by atoms with van der Waals surface area (Å²) in [5.41, 5.74) is 8.07. The lowest BCUT2D eigenvalue weighted by Crippen LogP contribution is -2.22. The largest absolute Gasteiger partial charge is 0.426 e. The Morgan fingerprint density at radius 1 is 1.50 bits per heavy atom. The normalized spacial score (nSPS) is 10.1. The second-order valence-electron chi connectivity index (χ2n) is 3.59. The minimum Gasteiger partial charge on any atom is -0.398 e. The fourth-order valence-corrected chi connectivity index (χ4v) is 1.28. The molecule has 0 spiro atoms. The third-order valence-corrected chi connectivity index (χ3v) is 2.33. The molecule has 7 nitrogen and oxygen atoms in total. The van der Waals surface area contributed by atoms with Crippen LogP contribution in [-0.2, 0) is 0 Å². The van der Waals surface area contributed by atoms with Crippen LogP contribution in [0.2, 0.25) is 0 Å². The molecule has 0 saturated heterocycles. The molecule has 2 rings (SSSR count). The van der Waals surface area contributed by atoms with E-state index >= 15 is 0 Å². The molecule has 0 atom stereocenters. The highest BCUT2D eigenvalue weighted by Crippen LogP contribution is 2.22. The molecule has 94 valence electrons. The van der Waals surface area contributed by atoms with Crippen molar-refractivity contribution in [1.29, 1.82) is 0 Å². The van der Waals surface area contributed by atoms with Crippen LogP contribution in [0, 0.1) is 6.92 Å². The van der Waals surface area contributed by atoms with Gasteiger partial charge in [-0.3, -0.25) is 4.52 Å². The summed E-state index contributed by atoms with van der Waals surface area (Å²) in [6.45, 7) is 1.90. The van der Waals surface area contributed by atoms with E-state index in [0.29, 0.717) is 17.1 Å². The topological polar surface area (TPSA) is 103 Å². The van der Waals surface area contributed by atoms with Gasteiger partial charge in [0, 0.05) is 18.3 Å². The Hall–Kier alpha value is -2.57. The molecule has 1 aromatic carbocycles. The van der Waals surface area contributed by atoms with Crippen LogP contribution in [0.15, 0.2) is 22.7 Å². The fraction of sp³-hybridized carbons (Fsp3) is 0.182. The number of amides is 1. The van der Waals surface area contributed by atoms with Gasteiger partial charge in [0.05, 0.1) is 0 Å². The summed E-state index contributed by atoms with van der Waals surface area (Å²) in [6.07, 6.45) is -0.892. The second kappa shape index (κ2) is 4.74. The summed E-state index contributed by atoms with van der Waals surface area (Å²) in [4.78, 5) is 14.9. The molecule has 1 amide bonds. The summed E-state index contributed by atoms with van der Waals surface area (Å²) < 4.78 is 9.47. The zero-order valence-electron chi connectivity index (χ0n) is 9.93. The van der Waals surface area contributed by atoms with E-state index in [9.17, 15) is 4.79 Å². The summed E-state index contributed by atoms with van der Waals surface area (Å²) in [6, 6.07) is 5.38. The monoisotopic (exact) mass is 248 g/mol. The molecule has 0 aliphatic rings. The molecule has 1 aromatic heterocycles. The van der Waals surface area contributed by atoms with Gasteiger partial charge in [0.1, 0.15) is 0 Å². The van der Waals surface area contributed by atoms with Crippen molar-refractivity contribution in [1.82, 2.24) is 15.5 Å². The Morgan fingerprint density at radius 2 is 2.28 bits per heavy atom. The first-order valence-corrected chi connectivity index (χ1v) is 5.20. The number of aromatic nitrogens is 2. The van der Waals surface area contributed by atoms with Crippen molar-refractivity contribution >= 4 is 11.8 Å². The zero-order valence-corrected chi connectivity index (χ0v) is 9.93. The molecular weight excluding hydrogens is 236 g/mol. The first-order valence-electron chi connectivity index (χ1n) is 5.20. The summed E-state index contributed by atoms with van der Waals surface area (Å²) in [7, 11) is 1.43. The van der Waals surface area contributed by atoms with E-state index in [1.54, 1.807) is 12.1 Å². The third-order valence-electron chi connectivity index (χ3n) is 2.33. The minimum atomic E-state index is -0.673.